The molecule has 0 atom stereocenters. The molecule has 0 aliphatic rings. The van der Waals surface area contributed by atoms with Crippen LogP contribution < -0.4 is 0 Å². The van der Waals surface area contributed by atoms with Gasteiger partial charge in [-0.05, 0) is 18.2 Å². The Labute approximate surface area is 130 Å². The van der Waals surface area contributed by atoms with Gasteiger partial charge in [-0.2, -0.15) is 14.7 Å². The van der Waals surface area contributed by atoms with Gasteiger partial charge in [0.2, 0.25) is 0 Å². The number of hydrogen-bond donors (Lipinski definition) is 3. The first-order chi connectivity index (χ1) is 10.3. The highest BCUT2D eigenvalue weighted by Gasteiger charge is 2.45. The Hall–Kier alpha value is -1.83. The Morgan fingerprint density at radius 2 is 1.73 bits per heavy atom. The summed E-state index contributed by atoms with van der Waals surface area (Å²) in [5, 5.41) is 10.8. The van der Waals surface area contributed by atoms with Gasteiger partial charge in [0.15, 0.2) is 0 Å². The van der Waals surface area contributed by atoms with Gasteiger partial charge in [0, 0.05) is 21.9 Å². The number of benzene rings is 2. The molecule has 0 amide bonds. The Balaban J connectivity index is 2.49. The lowest BCUT2D eigenvalue weighted by molar-refractivity contribution is -0.384. The van der Waals surface area contributed by atoms with Crippen LogP contribution in [0.25, 0.3) is 0 Å². The molecule has 0 aliphatic heterocycles. The molecule has 2 aromatic rings. The molecule has 0 unspecified atom stereocenters. The fourth-order valence-electron chi connectivity index (χ4n) is 1.66. The molecular weight excluding hydrogens is 329 g/mol. The van der Waals surface area contributed by atoms with E-state index in [1.54, 1.807) is 30.3 Å². The lowest BCUT2D eigenvalue weighted by Crippen LogP contribution is -2.07. The van der Waals surface area contributed by atoms with Crippen molar-refractivity contribution in [3.63, 3.8) is 0 Å². The van der Waals surface area contributed by atoms with Crippen molar-refractivity contribution in [2.24, 2.45) is 0 Å². The SMILES string of the molecule is O=C(c1cc([N+](=O)[O-])ccc1Sc1ccccc1)[P+](O)(O)O. The molecule has 0 aliphatic carbocycles. The van der Waals surface area contributed by atoms with Crippen LogP contribution in [0.2, 0.25) is 0 Å². The molecule has 2 aromatic carbocycles. The second-order valence-electron chi connectivity index (χ2n) is 4.23. The number of nitro groups is 1. The van der Waals surface area contributed by atoms with E-state index in [1.807, 2.05) is 0 Å². The molecule has 0 fully saturated rings. The van der Waals surface area contributed by atoms with E-state index in [1.165, 1.54) is 12.1 Å². The van der Waals surface area contributed by atoms with Gasteiger partial charge in [-0.1, -0.05) is 30.0 Å². The van der Waals surface area contributed by atoms with E-state index >= 15 is 0 Å². The quantitative estimate of drug-likeness (QED) is 0.434. The van der Waals surface area contributed by atoms with Crippen molar-refractivity contribution in [2.45, 2.75) is 9.79 Å². The zero-order valence-corrected chi connectivity index (χ0v) is 12.7. The molecule has 0 saturated carbocycles. The highest BCUT2D eigenvalue weighted by molar-refractivity contribution is 7.99. The Morgan fingerprint density at radius 1 is 1.09 bits per heavy atom. The van der Waals surface area contributed by atoms with Gasteiger partial charge in [0.25, 0.3) is 5.69 Å². The summed E-state index contributed by atoms with van der Waals surface area (Å²) >= 11 is 1.12. The second kappa shape index (κ2) is 6.51. The number of non-ortho nitro benzene ring substituents is 1. The van der Waals surface area contributed by atoms with Gasteiger partial charge >= 0.3 is 13.5 Å². The van der Waals surface area contributed by atoms with Crippen LogP contribution in [0.4, 0.5) is 5.69 Å². The van der Waals surface area contributed by atoms with E-state index in [-0.39, 0.29) is 16.1 Å². The van der Waals surface area contributed by atoms with Crippen LogP contribution in [0.3, 0.4) is 0 Å². The summed E-state index contributed by atoms with van der Waals surface area (Å²) in [5.74, 6) is 0. The van der Waals surface area contributed by atoms with E-state index in [2.05, 4.69) is 0 Å². The van der Waals surface area contributed by atoms with Gasteiger partial charge < -0.3 is 0 Å². The van der Waals surface area contributed by atoms with Crippen LogP contribution in [-0.2, 0) is 0 Å². The maximum Gasteiger partial charge on any atom is 0.483 e. The average molecular weight is 340 g/mol. The van der Waals surface area contributed by atoms with Gasteiger partial charge in [-0.15, -0.1) is 0 Å². The second-order valence-corrected chi connectivity index (χ2v) is 6.88. The average Bonchev–Trinajstić information content (AvgIpc) is 2.47. The fraction of sp³-hybridized carbons (Fsp3) is 0. The minimum absolute atomic E-state index is 0.281. The molecule has 9 heteroatoms. The van der Waals surface area contributed by atoms with Crippen LogP contribution in [-0.4, -0.2) is 25.1 Å². The highest BCUT2D eigenvalue weighted by Crippen LogP contribution is 2.50. The minimum atomic E-state index is -4.79. The summed E-state index contributed by atoms with van der Waals surface area (Å²) in [5.41, 5.74) is -2.01. The number of rotatable bonds is 5. The third kappa shape index (κ3) is 3.88. The summed E-state index contributed by atoms with van der Waals surface area (Å²) in [6.07, 6.45) is 0. The molecular formula is C13H11NO6PS+. The first kappa shape index (κ1) is 16.5. The maximum absolute atomic E-state index is 11.9. The normalized spacial score (nSPS) is 11.2. The van der Waals surface area contributed by atoms with Crippen molar-refractivity contribution in [3.8, 4) is 0 Å². The number of nitro benzene ring substituents is 1. The third-order valence-electron chi connectivity index (χ3n) is 2.65. The van der Waals surface area contributed by atoms with E-state index in [9.17, 15) is 14.9 Å². The molecule has 0 radical (unpaired) electrons. The molecule has 2 rings (SSSR count). The first-order valence-electron chi connectivity index (χ1n) is 5.92. The Kier molecular flexibility index (Phi) is 4.90. The largest absolute Gasteiger partial charge is 0.483 e. The molecule has 0 heterocycles. The predicted octanol–water partition coefficient (Wildman–Crippen LogP) is 2.63. The molecule has 0 aromatic heterocycles. The highest BCUT2D eigenvalue weighted by atomic mass is 32.2. The molecule has 3 N–H and O–H groups in total. The van der Waals surface area contributed by atoms with Crippen LogP contribution in [0.1, 0.15) is 10.4 Å². The molecule has 22 heavy (non-hydrogen) atoms. The smallest absolute Gasteiger partial charge is 0.258 e. The summed E-state index contributed by atoms with van der Waals surface area (Å²) < 4.78 is 0. The van der Waals surface area contributed by atoms with Crippen LogP contribution >= 0.6 is 19.7 Å². The summed E-state index contributed by atoms with van der Waals surface area (Å²) in [4.78, 5) is 50.5. The van der Waals surface area contributed by atoms with Crippen LogP contribution in [0, 0.1) is 10.1 Å². The number of hydrogen-bond acceptors (Lipinski definition) is 7. The van der Waals surface area contributed by atoms with Crippen molar-refractivity contribution in [1.82, 2.24) is 0 Å². The third-order valence-corrected chi connectivity index (χ3v) is 4.52. The molecule has 0 saturated heterocycles. The first-order valence-corrected chi connectivity index (χ1v) is 8.39. The number of carbonyl (C=O) groups excluding carboxylic acids is 1. The monoisotopic (exact) mass is 340 g/mol. The van der Waals surface area contributed by atoms with Crippen molar-refractivity contribution in [3.05, 3.63) is 64.2 Å². The maximum atomic E-state index is 11.9. The standard InChI is InChI=1S/C13H11NO6PS/c15-13(21(18,19)20)11-8-9(14(16)17)6-7-12(11)22-10-4-2-1-3-5-10/h1-8,18-20H/q+1. The predicted molar refractivity (Wildman–Crippen MR) is 81.6 cm³/mol. The van der Waals surface area contributed by atoms with Crippen molar-refractivity contribution >= 4 is 30.9 Å². The van der Waals surface area contributed by atoms with Gasteiger partial charge in [0.05, 0.1) is 10.5 Å². The number of carbonyl (C=O) groups is 1. The zero-order chi connectivity index (χ0) is 16.3. The van der Waals surface area contributed by atoms with Crippen LogP contribution in [0.15, 0.2) is 58.3 Å². The Bertz CT molecular complexity index is 716. The molecule has 0 spiro atoms. The molecule has 7 nitrogen and oxygen atoms in total. The van der Waals surface area contributed by atoms with Gasteiger partial charge in [-0.3, -0.25) is 10.1 Å². The van der Waals surface area contributed by atoms with Gasteiger partial charge in [0.1, 0.15) is 0 Å². The Morgan fingerprint density at radius 3 is 2.27 bits per heavy atom. The van der Waals surface area contributed by atoms with Crippen molar-refractivity contribution in [1.29, 1.82) is 0 Å². The van der Waals surface area contributed by atoms with E-state index < -0.39 is 18.4 Å². The van der Waals surface area contributed by atoms with E-state index in [4.69, 9.17) is 14.7 Å². The molecule has 114 valence electrons. The summed E-state index contributed by atoms with van der Waals surface area (Å²) in [6.45, 7) is 0. The van der Waals surface area contributed by atoms with Crippen LogP contribution in [0.5, 0.6) is 0 Å². The summed E-state index contributed by atoms with van der Waals surface area (Å²) in [6, 6.07) is 12.3. The van der Waals surface area contributed by atoms with Gasteiger partial charge in [-0.25, -0.2) is 4.79 Å². The van der Waals surface area contributed by atoms with E-state index in [0.717, 1.165) is 22.7 Å². The lowest BCUT2D eigenvalue weighted by atomic mass is 10.2. The van der Waals surface area contributed by atoms with Crippen molar-refractivity contribution < 1.29 is 24.4 Å². The van der Waals surface area contributed by atoms with E-state index in [0.29, 0.717) is 0 Å². The summed E-state index contributed by atoms with van der Waals surface area (Å²) in [7, 11) is -4.79. The fourth-order valence-corrected chi connectivity index (χ4v) is 3.19. The minimum Gasteiger partial charge on any atom is -0.258 e. The molecule has 0 bridgehead atoms. The lowest BCUT2D eigenvalue weighted by Gasteiger charge is -2.08. The topological polar surface area (TPSA) is 121 Å². The zero-order valence-electron chi connectivity index (χ0n) is 11.0. The van der Waals surface area contributed by atoms with Crippen molar-refractivity contribution in [2.75, 3.05) is 0 Å². The number of nitrogens with zero attached hydrogens (tertiary/aromatic N) is 1.